The fraction of sp³-hybridized carbons (Fsp3) is 0.0600. The van der Waals surface area contributed by atoms with Crippen LogP contribution in [0.5, 0.6) is 0 Å². The van der Waals surface area contributed by atoms with Crippen LogP contribution in [0.2, 0.25) is 0 Å². The lowest BCUT2D eigenvalue weighted by Gasteiger charge is -2.28. The number of rotatable bonds is 6. The second kappa shape index (κ2) is 12.2. The minimum atomic E-state index is -0.118. The molecule has 10 rings (SSSR count). The minimum Gasteiger partial charge on any atom is -0.436 e. The summed E-state index contributed by atoms with van der Waals surface area (Å²) in [5.74, 6) is 0.611. The molecule has 0 radical (unpaired) electrons. The quantitative estimate of drug-likeness (QED) is 0.175. The molecule has 0 N–H and O–H groups in total. The van der Waals surface area contributed by atoms with E-state index in [2.05, 4.69) is 189 Å². The van der Waals surface area contributed by atoms with Gasteiger partial charge in [0.05, 0.1) is 0 Å². The molecule has 8 aromatic carbocycles. The molecule has 0 saturated heterocycles. The highest BCUT2D eigenvalue weighted by molar-refractivity contribution is 5.97. The average Bonchev–Trinajstić information content (AvgIpc) is 3.74. The van der Waals surface area contributed by atoms with Gasteiger partial charge >= 0.3 is 0 Å². The van der Waals surface area contributed by atoms with Crippen LogP contribution in [0, 0.1) is 0 Å². The summed E-state index contributed by atoms with van der Waals surface area (Å²) in [4.78, 5) is 7.36. The molecule has 0 unspecified atom stereocenters. The summed E-state index contributed by atoms with van der Waals surface area (Å²) in [6.45, 7) is 4.67. The van der Waals surface area contributed by atoms with Gasteiger partial charge in [0.15, 0.2) is 5.58 Å². The zero-order valence-electron chi connectivity index (χ0n) is 29.6. The molecule has 1 aliphatic carbocycles. The van der Waals surface area contributed by atoms with Crippen LogP contribution in [0.15, 0.2) is 186 Å². The lowest BCUT2D eigenvalue weighted by atomic mass is 9.82. The van der Waals surface area contributed by atoms with Crippen molar-refractivity contribution in [1.29, 1.82) is 0 Å². The van der Waals surface area contributed by atoms with Gasteiger partial charge in [0.1, 0.15) is 5.52 Å². The molecule has 9 aromatic rings. The summed E-state index contributed by atoms with van der Waals surface area (Å²) in [6.07, 6.45) is 0. The van der Waals surface area contributed by atoms with Crippen molar-refractivity contribution in [2.45, 2.75) is 19.3 Å². The Morgan fingerprint density at radius 3 is 1.91 bits per heavy atom. The van der Waals surface area contributed by atoms with E-state index in [9.17, 15) is 0 Å². The summed E-state index contributed by atoms with van der Waals surface area (Å²) in [5.41, 5.74) is 15.7. The maximum Gasteiger partial charge on any atom is 0.227 e. The Hall–Kier alpha value is -6.71. The van der Waals surface area contributed by atoms with Crippen molar-refractivity contribution in [3.8, 4) is 44.8 Å². The molecule has 0 saturated carbocycles. The van der Waals surface area contributed by atoms with Gasteiger partial charge in [0.2, 0.25) is 5.89 Å². The first-order chi connectivity index (χ1) is 26.0. The van der Waals surface area contributed by atoms with E-state index >= 15 is 0 Å². The van der Waals surface area contributed by atoms with Crippen LogP contribution in [0.4, 0.5) is 17.1 Å². The highest BCUT2D eigenvalue weighted by Crippen LogP contribution is 2.50. The van der Waals surface area contributed by atoms with Crippen molar-refractivity contribution in [3.05, 3.63) is 193 Å². The van der Waals surface area contributed by atoms with Gasteiger partial charge in [0.25, 0.3) is 0 Å². The first-order valence-electron chi connectivity index (χ1n) is 18.2. The van der Waals surface area contributed by atoms with Gasteiger partial charge in [-0.1, -0.05) is 141 Å². The highest BCUT2D eigenvalue weighted by Gasteiger charge is 2.35. The van der Waals surface area contributed by atoms with E-state index in [1.165, 1.54) is 49.7 Å². The van der Waals surface area contributed by atoms with Crippen molar-refractivity contribution in [2.24, 2.45) is 0 Å². The molecule has 0 bridgehead atoms. The molecular weight excluding hydrogens is 645 g/mol. The van der Waals surface area contributed by atoms with E-state index in [1.807, 2.05) is 12.1 Å². The van der Waals surface area contributed by atoms with E-state index in [1.54, 1.807) is 0 Å². The van der Waals surface area contributed by atoms with E-state index < -0.39 is 0 Å². The van der Waals surface area contributed by atoms with E-state index in [0.29, 0.717) is 5.89 Å². The van der Waals surface area contributed by atoms with Crippen molar-refractivity contribution < 1.29 is 4.42 Å². The van der Waals surface area contributed by atoms with Gasteiger partial charge < -0.3 is 9.32 Å². The van der Waals surface area contributed by atoms with Gasteiger partial charge in [-0.15, -0.1) is 0 Å². The number of anilines is 3. The maximum atomic E-state index is 6.34. The Morgan fingerprint density at radius 1 is 0.453 bits per heavy atom. The largest absolute Gasteiger partial charge is 0.436 e. The van der Waals surface area contributed by atoms with E-state index in [-0.39, 0.29) is 5.41 Å². The third-order valence-electron chi connectivity index (χ3n) is 10.9. The molecule has 0 aliphatic heterocycles. The average molecular weight is 681 g/mol. The second-order valence-corrected chi connectivity index (χ2v) is 14.4. The topological polar surface area (TPSA) is 29.3 Å². The minimum absolute atomic E-state index is 0.118. The maximum absolute atomic E-state index is 6.34. The number of oxazole rings is 1. The Bertz CT molecular complexity index is 2790. The zero-order chi connectivity index (χ0) is 35.5. The summed E-state index contributed by atoms with van der Waals surface area (Å²) < 4.78 is 6.34. The lowest BCUT2D eigenvalue weighted by molar-refractivity contribution is 0.620. The predicted octanol–water partition coefficient (Wildman–Crippen LogP) is 13.8. The Morgan fingerprint density at radius 2 is 1.06 bits per heavy atom. The van der Waals surface area contributed by atoms with Crippen molar-refractivity contribution in [2.75, 3.05) is 4.90 Å². The van der Waals surface area contributed by atoms with Gasteiger partial charge in [0, 0.05) is 28.0 Å². The first-order valence-corrected chi connectivity index (χ1v) is 18.2. The Balaban J connectivity index is 1.07. The van der Waals surface area contributed by atoms with E-state index in [0.717, 1.165) is 39.3 Å². The van der Waals surface area contributed by atoms with Crippen LogP contribution in [0.3, 0.4) is 0 Å². The summed E-state index contributed by atoms with van der Waals surface area (Å²) >= 11 is 0. The van der Waals surface area contributed by atoms with Crippen LogP contribution in [0.25, 0.3) is 66.7 Å². The van der Waals surface area contributed by atoms with Crippen LogP contribution >= 0.6 is 0 Å². The fourth-order valence-corrected chi connectivity index (χ4v) is 8.16. The fourth-order valence-electron chi connectivity index (χ4n) is 8.16. The normalized spacial score (nSPS) is 12.9. The molecule has 53 heavy (non-hydrogen) atoms. The Labute approximate surface area is 309 Å². The molecule has 252 valence electrons. The van der Waals surface area contributed by atoms with Crippen molar-refractivity contribution in [3.63, 3.8) is 0 Å². The standard InChI is InChI=1S/C50H36N2O/c1-50(2)45-18-9-8-16-43(45)44-29-27-39(31-46(44)50)52(38-25-23-36(24-26-38)42-17-10-14-35-13-6-7-15-41(35)42)40-28-30-48-47(32-40)51-49(53-48)37-21-19-34(20-22-37)33-11-4-3-5-12-33/h3-32H,1-2H3. The molecule has 1 aliphatic rings. The SMILES string of the molecule is CC1(C)c2ccccc2-c2ccc(N(c3ccc(-c4cccc5ccccc45)cc3)c3ccc4oc(-c5ccc(-c6ccccc6)cc5)nc4c3)cc21. The summed E-state index contributed by atoms with van der Waals surface area (Å²) in [6, 6.07) is 64.9. The first kappa shape index (κ1) is 31.1. The predicted molar refractivity (Wildman–Crippen MR) is 220 cm³/mol. The molecule has 1 aromatic heterocycles. The monoisotopic (exact) mass is 680 g/mol. The van der Waals surface area contributed by atoms with Gasteiger partial charge in [-0.3, -0.25) is 0 Å². The molecule has 3 heteroatoms. The van der Waals surface area contributed by atoms with Gasteiger partial charge in [-0.05, 0) is 110 Å². The number of fused-ring (bicyclic) bond motifs is 5. The van der Waals surface area contributed by atoms with Crippen LogP contribution in [-0.4, -0.2) is 4.98 Å². The molecule has 3 nitrogen and oxygen atoms in total. The van der Waals surface area contributed by atoms with Crippen molar-refractivity contribution >= 4 is 38.9 Å². The molecule has 0 fully saturated rings. The third kappa shape index (κ3) is 5.24. The van der Waals surface area contributed by atoms with Gasteiger partial charge in [-0.2, -0.15) is 0 Å². The smallest absolute Gasteiger partial charge is 0.227 e. The zero-order valence-corrected chi connectivity index (χ0v) is 29.6. The van der Waals surface area contributed by atoms with E-state index in [4.69, 9.17) is 9.40 Å². The molecule has 0 amide bonds. The van der Waals surface area contributed by atoms with Crippen LogP contribution in [0.1, 0.15) is 25.0 Å². The number of aromatic nitrogens is 1. The second-order valence-electron chi connectivity index (χ2n) is 14.4. The lowest BCUT2D eigenvalue weighted by Crippen LogP contribution is -2.16. The van der Waals surface area contributed by atoms with Crippen molar-refractivity contribution in [1.82, 2.24) is 4.98 Å². The third-order valence-corrected chi connectivity index (χ3v) is 10.9. The molecule has 0 atom stereocenters. The van der Waals surface area contributed by atoms with Gasteiger partial charge in [-0.25, -0.2) is 4.98 Å². The molecule has 1 heterocycles. The number of nitrogens with zero attached hydrogens (tertiary/aromatic N) is 2. The number of hydrogen-bond donors (Lipinski definition) is 0. The highest BCUT2D eigenvalue weighted by atomic mass is 16.3. The Kier molecular flexibility index (Phi) is 7.16. The number of hydrogen-bond acceptors (Lipinski definition) is 3. The molecular formula is C50H36N2O. The van der Waals surface area contributed by atoms with Crippen LogP contribution in [-0.2, 0) is 5.41 Å². The number of benzene rings is 8. The van der Waals surface area contributed by atoms with Crippen LogP contribution < -0.4 is 4.90 Å². The molecule has 0 spiro atoms. The summed E-state index contributed by atoms with van der Waals surface area (Å²) in [5, 5.41) is 2.49. The summed E-state index contributed by atoms with van der Waals surface area (Å²) in [7, 11) is 0.